The second-order valence-corrected chi connectivity index (χ2v) is 6.62. The number of carboxylic acid groups (broad SMARTS) is 1. The summed E-state index contributed by atoms with van der Waals surface area (Å²) in [5, 5.41) is 18.4. The van der Waals surface area contributed by atoms with Gasteiger partial charge in [0.15, 0.2) is 0 Å². The van der Waals surface area contributed by atoms with Crippen LogP contribution in [0.15, 0.2) is 12.2 Å². The van der Waals surface area contributed by atoms with E-state index in [1.807, 2.05) is 0 Å². The molecule has 0 aliphatic rings. The highest BCUT2D eigenvalue weighted by molar-refractivity contribution is 5.66. The first-order valence-electron chi connectivity index (χ1n) is 9.71. The molecule has 1 atom stereocenters. The maximum atomic E-state index is 10.4. The minimum atomic E-state index is -0.692. The molecule has 0 radical (unpaired) electrons. The summed E-state index contributed by atoms with van der Waals surface area (Å²) in [4.78, 5) is 10.4. The summed E-state index contributed by atoms with van der Waals surface area (Å²) < 4.78 is 0. The van der Waals surface area contributed by atoms with Crippen molar-refractivity contribution < 1.29 is 15.0 Å². The molecule has 0 aromatic carbocycles. The minimum absolute atomic E-state index is 0.196. The van der Waals surface area contributed by atoms with E-state index in [1.165, 1.54) is 32.1 Å². The molecule has 1 unspecified atom stereocenters. The lowest BCUT2D eigenvalue weighted by Crippen LogP contribution is -2.04. The molecule has 0 bridgehead atoms. The molecule has 2 N–H and O–H groups in total. The molecule has 0 saturated heterocycles. The Bertz CT molecular complexity index is 287. The highest BCUT2D eigenvalue weighted by Crippen LogP contribution is 2.12. The van der Waals surface area contributed by atoms with Crippen LogP contribution in [0, 0.1) is 0 Å². The Kier molecular flexibility index (Phi) is 16.9. The minimum Gasteiger partial charge on any atom is -0.481 e. The zero-order chi connectivity index (χ0) is 17.2. The van der Waals surface area contributed by atoms with Crippen molar-refractivity contribution >= 4 is 5.97 Å². The van der Waals surface area contributed by atoms with E-state index in [-0.39, 0.29) is 6.10 Å². The number of aliphatic hydroxyl groups is 1. The van der Waals surface area contributed by atoms with Gasteiger partial charge in [-0.05, 0) is 32.1 Å². The van der Waals surface area contributed by atoms with Crippen molar-refractivity contribution in [2.45, 2.75) is 109 Å². The van der Waals surface area contributed by atoms with E-state index in [1.54, 1.807) is 0 Å². The number of hydrogen-bond acceptors (Lipinski definition) is 2. The van der Waals surface area contributed by atoms with Crippen LogP contribution in [0.5, 0.6) is 0 Å². The number of unbranched alkanes of at least 4 members (excludes halogenated alkanes) is 10. The third kappa shape index (κ3) is 19.1. The number of allylic oxidation sites excluding steroid dienone is 1. The molecular formula is C20H38O3. The first-order valence-corrected chi connectivity index (χ1v) is 9.71. The lowest BCUT2D eigenvalue weighted by atomic mass is 10.0. The van der Waals surface area contributed by atoms with Crippen molar-refractivity contribution in [3.63, 3.8) is 0 Å². The molecule has 0 heterocycles. The van der Waals surface area contributed by atoms with E-state index >= 15 is 0 Å². The second-order valence-electron chi connectivity index (χ2n) is 6.62. The first-order chi connectivity index (χ1) is 11.2. The van der Waals surface area contributed by atoms with E-state index in [0.717, 1.165) is 57.8 Å². The van der Waals surface area contributed by atoms with Gasteiger partial charge in [0.25, 0.3) is 0 Å². The number of carbonyl (C=O) groups is 1. The molecular weight excluding hydrogens is 288 g/mol. The average Bonchev–Trinajstić information content (AvgIpc) is 2.52. The van der Waals surface area contributed by atoms with Crippen molar-refractivity contribution in [3.8, 4) is 0 Å². The first kappa shape index (κ1) is 22.2. The average molecular weight is 327 g/mol. The molecule has 0 rings (SSSR count). The predicted molar refractivity (Wildman–Crippen MR) is 97.7 cm³/mol. The summed E-state index contributed by atoms with van der Waals surface area (Å²) in [7, 11) is 0. The Labute approximate surface area is 143 Å². The van der Waals surface area contributed by atoms with E-state index in [4.69, 9.17) is 5.11 Å². The van der Waals surface area contributed by atoms with Crippen LogP contribution in [0.4, 0.5) is 0 Å². The van der Waals surface area contributed by atoms with Crippen LogP contribution in [0.2, 0.25) is 0 Å². The predicted octanol–water partition coefficient (Wildman–Crippen LogP) is 5.86. The monoisotopic (exact) mass is 326 g/mol. The normalized spacial score (nSPS) is 12.8. The smallest absolute Gasteiger partial charge is 0.303 e. The highest BCUT2D eigenvalue weighted by Gasteiger charge is 2.01. The highest BCUT2D eigenvalue weighted by atomic mass is 16.4. The number of rotatable bonds is 17. The van der Waals surface area contributed by atoms with Crippen molar-refractivity contribution in [1.29, 1.82) is 0 Å². The summed E-state index contributed by atoms with van der Waals surface area (Å²) >= 11 is 0. The molecule has 0 aromatic rings. The van der Waals surface area contributed by atoms with Crippen molar-refractivity contribution in [3.05, 3.63) is 12.2 Å². The molecule has 0 aliphatic heterocycles. The van der Waals surface area contributed by atoms with Crippen molar-refractivity contribution in [2.24, 2.45) is 0 Å². The van der Waals surface area contributed by atoms with E-state index in [0.29, 0.717) is 6.42 Å². The van der Waals surface area contributed by atoms with E-state index in [2.05, 4.69) is 19.1 Å². The lowest BCUT2D eigenvalue weighted by Gasteiger charge is -2.07. The quantitative estimate of drug-likeness (QED) is 0.260. The molecule has 0 aromatic heterocycles. The Morgan fingerprint density at radius 3 is 2.17 bits per heavy atom. The van der Waals surface area contributed by atoms with Crippen LogP contribution in [0.25, 0.3) is 0 Å². The van der Waals surface area contributed by atoms with Crippen LogP contribution in [-0.4, -0.2) is 22.3 Å². The second kappa shape index (κ2) is 17.5. The van der Waals surface area contributed by atoms with Crippen LogP contribution in [0.1, 0.15) is 103 Å². The fraction of sp³-hybridized carbons (Fsp3) is 0.850. The summed E-state index contributed by atoms with van der Waals surface area (Å²) in [5.41, 5.74) is 0. The molecule has 3 heteroatoms. The van der Waals surface area contributed by atoms with E-state index in [9.17, 15) is 9.90 Å². The molecule has 0 spiro atoms. The zero-order valence-electron chi connectivity index (χ0n) is 15.1. The maximum absolute atomic E-state index is 10.4. The Balaban J connectivity index is 3.27. The number of aliphatic carboxylic acids is 1. The van der Waals surface area contributed by atoms with Gasteiger partial charge in [-0.2, -0.15) is 0 Å². The number of hydrogen-bond donors (Lipinski definition) is 2. The van der Waals surface area contributed by atoms with Crippen LogP contribution >= 0.6 is 0 Å². The zero-order valence-corrected chi connectivity index (χ0v) is 15.1. The summed E-state index contributed by atoms with van der Waals surface area (Å²) in [6, 6.07) is 0. The van der Waals surface area contributed by atoms with Gasteiger partial charge in [-0.3, -0.25) is 4.79 Å². The molecule has 0 amide bonds. The van der Waals surface area contributed by atoms with Gasteiger partial charge < -0.3 is 10.2 Å². The van der Waals surface area contributed by atoms with E-state index < -0.39 is 5.97 Å². The molecule has 136 valence electrons. The SMILES string of the molecule is CCCCCCCC=CCC(O)CCCCCCCCC(=O)O. The van der Waals surface area contributed by atoms with Crippen LogP contribution in [-0.2, 0) is 4.79 Å². The van der Waals surface area contributed by atoms with Crippen LogP contribution < -0.4 is 0 Å². The van der Waals surface area contributed by atoms with Gasteiger partial charge in [0.05, 0.1) is 6.10 Å². The molecule has 0 aliphatic carbocycles. The van der Waals surface area contributed by atoms with Gasteiger partial charge in [0.1, 0.15) is 0 Å². The molecule has 23 heavy (non-hydrogen) atoms. The van der Waals surface area contributed by atoms with Crippen LogP contribution in [0.3, 0.4) is 0 Å². The third-order valence-electron chi connectivity index (χ3n) is 4.23. The Hall–Kier alpha value is -0.830. The fourth-order valence-electron chi connectivity index (χ4n) is 2.72. The standard InChI is InChI=1S/C20H38O3/c1-2-3-4-5-6-7-10-13-16-19(21)17-14-11-8-9-12-15-18-20(22)23/h10,13,19,21H,2-9,11-12,14-18H2,1H3,(H,22,23). The largest absolute Gasteiger partial charge is 0.481 e. The molecule has 0 saturated carbocycles. The van der Waals surface area contributed by atoms with Gasteiger partial charge in [0, 0.05) is 6.42 Å². The maximum Gasteiger partial charge on any atom is 0.303 e. The summed E-state index contributed by atoms with van der Waals surface area (Å²) in [6.07, 6.45) is 20.2. The Morgan fingerprint density at radius 1 is 0.870 bits per heavy atom. The summed E-state index contributed by atoms with van der Waals surface area (Å²) in [5.74, 6) is -0.692. The molecule has 0 fully saturated rings. The van der Waals surface area contributed by atoms with Gasteiger partial charge in [-0.25, -0.2) is 0 Å². The number of carboxylic acids is 1. The van der Waals surface area contributed by atoms with Crippen molar-refractivity contribution in [1.82, 2.24) is 0 Å². The topological polar surface area (TPSA) is 57.5 Å². The Morgan fingerprint density at radius 2 is 1.48 bits per heavy atom. The lowest BCUT2D eigenvalue weighted by molar-refractivity contribution is -0.137. The molecule has 3 nitrogen and oxygen atoms in total. The summed E-state index contributed by atoms with van der Waals surface area (Å²) in [6.45, 7) is 2.24. The van der Waals surface area contributed by atoms with Gasteiger partial charge >= 0.3 is 5.97 Å². The number of aliphatic hydroxyl groups excluding tert-OH is 1. The van der Waals surface area contributed by atoms with Crippen molar-refractivity contribution in [2.75, 3.05) is 0 Å². The fourth-order valence-corrected chi connectivity index (χ4v) is 2.72. The third-order valence-corrected chi connectivity index (χ3v) is 4.23. The van der Waals surface area contributed by atoms with Gasteiger partial charge in [0.2, 0.25) is 0 Å². The van der Waals surface area contributed by atoms with Gasteiger partial charge in [-0.15, -0.1) is 0 Å². The van der Waals surface area contributed by atoms with Gasteiger partial charge in [-0.1, -0.05) is 76.9 Å².